The topological polar surface area (TPSA) is 84.6 Å². The first-order chi connectivity index (χ1) is 16.0. The van der Waals surface area contributed by atoms with Crippen LogP contribution in [-0.4, -0.2) is 85.6 Å². The van der Waals surface area contributed by atoms with Gasteiger partial charge in [0.25, 0.3) is 5.91 Å². The van der Waals surface area contributed by atoms with Gasteiger partial charge in [0.2, 0.25) is 0 Å². The second-order valence-electron chi connectivity index (χ2n) is 8.42. The zero-order valence-electron chi connectivity index (χ0n) is 19.8. The molecule has 1 aromatic carbocycles. The molecule has 3 rings (SSSR count). The molecule has 1 aliphatic rings. The summed E-state index contributed by atoms with van der Waals surface area (Å²) in [4.78, 5) is 17.4. The van der Waals surface area contributed by atoms with Crippen LogP contribution in [-0.2, 0) is 16.1 Å². The number of para-hydroxylation sites is 1. The molecule has 1 aliphatic heterocycles. The summed E-state index contributed by atoms with van der Waals surface area (Å²) in [5, 5.41) is 10.4. The SMILES string of the molecule is CC[C@H](C)N(C[C@H]1CN(C[C@H](O)COCc2ccco2)CCO1)C(=O)c1ccccc1OC. The number of benzene rings is 1. The Kier molecular flexibility index (Phi) is 9.75. The third kappa shape index (κ3) is 7.30. The molecule has 0 saturated carbocycles. The number of aliphatic hydroxyl groups excluding tert-OH is 1. The van der Waals surface area contributed by atoms with Crippen molar-refractivity contribution in [3.05, 3.63) is 54.0 Å². The fourth-order valence-electron chi connectivity index (χ4n) is 3.98. The van der Waals surface area contributed by atoms with Gasteiger partial charge in [-0.05, 0) is 37.6 Å². The number of hydrogen-bond acceptors (Lipinski definition) is 7. The van der Waals surface area contributed by atoms with Crippen LogP contribution in [0.25, 0.3) is 0 Å². The van der Waals surface area contributed by atoms with Crippen molar-refractivity contribution in [3.63, 3.8) is 0 Å². The van der Waals surface area contributed by atoms with Crippen LogP contribution in [0.3, 0.4) is 0 Å². The van der Waals surface area contributed by atoms with E-state index in [0.29, 0.717) is 44.2 Å². The predicted molar refractivity (Wildman–Crippen MR) is 124 cm³/mol. The maximum atomic E-state index is 13.4. The van der Waals surface area contributed by atoms with E-state index in [4.69, 9.17) is 18.6 Å². The molecule has 0 aliphatic carbocycles. The quantitative estimate of drug-likeness (QED) is 0.521. The third-order valence-corrected chi connectivity index (χ3v) is 5.95. The van der Waals surface area contributed by atoms with Gasteiger partial charge in [-0.25, -0.2) is 0 Å². The van der Waals surface area contributed by atoms with Crippen molar-refractivity contribution >= 4 is 5.91 Å². The van der Waals surface area contributed by atoms with Gasteiger partial charge in [0.15, 0.2) is 0 Å². The Morgan fingerprint density at radius 1 is 1.30 bits per heavy atom. The number of methoxy groups -OCH3 is 1. The van der Waals surface area contributed by atoms with E-state index in [9.17, 15) is 9.90 Å². The molecule has 182 valence electrons. The van der Waals surface area contributed by atoms with Crippen molar-refractivity contribution in [1.29, 1.82) is 0 Å². The minimum absolute atomic E-state index is 0.0574. The largest absolute Gasteiger partial charge is 0.496 e. The molecule has 2 aromatic rings. The summed E-state index contributed by atoms with van der Waals surface area (Å²) in [7, 11) is 1.57. The smallest absolute Gasteiger partial charge is 0.257 e. The molecule has 1 amide bonds. The summed E-state index contributed by atoms with van der Waals surface area (Å²) < 4.78 is 22.2. The molecule has 0 spiro atoms. The maximum Gasteiger partial charge on any atom is 0.257 e. The van der Waals surface area contributed by atoms with Crippen LogP contribution in [0.5, 0.6) is 5.75 Å². The highest BCUT2D eigenvalue weighted by molar-refractivity contribution is 5.97. The van der Waals surface area contributed by atoms with Gasteiger partial charge in [-0.2, -0.15) is 0 Å². The number of carbonyl (C=O) groups excluding carboxylic acids is 1. The summed E-state index contributed by atoms with van der Waals surface area (Å²) in [6, 6.07) is 11.0. The lowest BCUT2D eigenvalue weighted by atomic mass is 10.1. The zero-order chi connectivity index (χ0) is 23.6. The van der Waals surface area contributed by atoms with E-state index in [1.165, 1.54) is 0 Å². The fraction of sp³-hybridized carbons (Fsp3) is 0.560. The second kappa shape index (κ2) is 12.7. The molecule has 1 N–H and O–H groups in total. The average molecular weight is 461 g/mol. The molecular formula is C25H36N2O6. The normalized spacial score (nSPS) is 18.6. The Morgan fingerprint density at radius 2 is 2.12 bits per heavy atom. The second-order valence-corrected chi connectivity index (χ2v) is 8.42. The lowest BCUT2D eigenvalue weighted by molar-refractivity contribution is -0.0626. The number of ether oxygens (including phenoxy) is 3. The molecule has 2 heterocycles. The van der Waals surface area contributed by atoms with Crippen molar-refractivity contribution in [2.24, 2.45) is 0 Å². The first kappa shape index (κ1) is 25.2. The zero-order valence-corrected chi connectivity index (χ0v) is 19.8. The van der Waals surface area contributed by atoms with E-state index in [1.807, 2.05) is 36.1 Å². The van der Waals surface area contributed by atoms with E-state index < -0.39 is 6.10 Å². The minimum Gasteiger partial charge on any atom is -0.496 e. The van der Waals surface area contributed by atoms with Crippen LogP contribution >= 0.6 is 0 Å². The Balaban J connectivity index is 1.55. The molecule has 8 nitrogen and oxygen atoms in total. The lowest BCUT2D eigenvalue weighted by Gasteiger charge is -2.38. The van der Waals surface area contributed by atoms with E-state index in [-0.39, 0.29) is 24.7 Å². The van der Waals surface area contributed by atoms with Crippen LogP contribution in [0.4, 0.5) is 0 Å². The minimum atomic E-state index is -0.611. The van der Waals surface area contributed by atoms with E-state index in [2.05, 4.69) is 11.8 Å². The van der Waals surface area contributed by atoms with Crippen LogP contribution in [0, 0.1) is 0 Å². The Bertz CT molecular complexity index is 843. The average Bonchev–Trinajstić information content (AvgIpc) is 3.35. The number of furan rings is 1. The first-order valence-electron chi connectivity index (χ1n) is 11.6. The molecule has 0 radical (unpaired) electrons. The molecule has 1 saturated heterocycles. The van der Waals surface area contributed by atoms with Gasteiger partial charge in [-0.3, -0.25) is 9.69 Å². The molecule has 8 heteroatoms. The molecule has 0 unspecified atom stereocenters. The summed E-state index contributed by atoms with van der Waals surface area (Å²) >= 11 is 0. The highest BCUT2D eigenvalue weighted by Crippen LogP contribution is 2.22. The van der Waals surface area contributed by atoms with E-state index in [1.54, 1.807) is 25.5 Å². The van der Waals surface area contributed by atoms with Gasteiger partial charge in [-0.15, -0.1) is 0 Å². The molecule has 1 fully saturated rings. The highest BCUT2D eigenvalue weighted by Gasteiger charge is 2.29. The van der Waals surface area contributed by atoms with Crippen LogP contribution in [0.1, 0.15) is 36.4 Å². The maximum absolute atomic E-state index is 13.4. The number of nitrogens with zero attached hydrogens (tertiary/aromatic N) is 2. The molecular weight excluding hydrogens is 424 g/mol. The van der Waals surface area contributed by atoms with E-state index in [0.717, 1.165) is 18.7 Å². The van der Waals surface area contributed by atoms with Gasteiger partial charge >= 0.3 is 0 Å². The Morgan fingerprint density at radius 3 is 2.85 bits per heavy atom. The van der Waals surface area contributed by atoms with Crippen molar-refractivity contribution in [3.8, 4) is 5.75 Å². The fourth-order valence-corrected chi connectivity index (χ4v) is 3.98. The monoisotopic (exact) mass is 460 g/mol. The standard InChI is InChI=1S/C25H36N2O6/c1-4-19(2)27(25(29)23-9-5-6-10-24(23)30-3)16-22-15-26(11-13-33-22)14-20(28)17-31-18-21-8-7-12-32-21/h5-10,12,19-20,22,28H,4,11,13-18H2,1-3H3/t19-,20-,22+/m0/s1. The van der Waals surface area contributed by atoms with Gasteiger partial charge in [0, 0.05) is 32.2 Å². The van der Waals surface area contributed by atoms with Gasteiger partial charge in [-0.1, -0.05) is 19.1 Å². The molecule has 3 atom stereocenters. The van der Waals surface area contributed by atoms with Crippen molar-refractivity contribution < 1.29 is 28.5 Å². The molecule has 1 aromatic heterocycles. The van der Waals surface area contributed by atoms with Crippen molar-refractivity contribution in [1.82, 2.24) is 9.80 Å². The molecule has 33 heavy (non-hydrogen) atoms. The predicted octanol–water partition coefficient (Wildman–Crippen LogP) is 2.81. The summed E-state index contributed by atoms with van der Waals surface area (Å²) in [6.45, 7) is 7.58. The van der Waals surface area contributed by atoms with E-state index >= 15 is 0 Å². The number of β-amino-alcohol motifs (C(OH)–C–C–N with tert-alkyl or cyclic N) is 1. The van der Waals surface area contributed by atoms with Crippen LogP contribution in [0.2, 0.25) is 0 Å². The highest BCUT2D eigenvalue weighted by atomic mass is 16.5. The number of morpholine rings is 1. The number of amides is 1. The molecule has 0 bridgehead atoms. The van der Waals surface area contributed by atoms with Crippen molar-refractivity contribution in [2.45, 2.75) is 45.1 Å². The summed E-state index contributed by atoms with van der Waals surface area (Å²) in [5.74, 6) is 1.24. The van der Waals surface area contributed by atoms with Gasteiger partial charge in [0.05, 0.1) is 44.4 Å². The van der Waals surface area contributed by atoms with Crippen LogP contribution in [0.15, 0.2) is 47.1 Å². The number of carbonyl (C=O) groups is 1. The summed E-state index contributed by atoms with van der Waals surface area (Å²) in [5.41, 5.74) is 0.553. The van der Waals surface area contributed by atoms with Crippen LogP contribution < -0.4 is 4.74 Å². The number of rotatable bonds is 12. The lowest BCUT2D eigenvalue weighted by Crippen LogP contribution is -2.52. The Hall–Kier alpha value is -2.39. The number of hydrogen-bond donors (Lipinski definition) is 1. The van der Waals surface area contributed by atoms with Gasteiger partial charge in [0.1, 0.15) is 18.1 Å². The van der Waals surface area contributed by atoms with Crippen molar-refractivity contribution in [2.75, 3.05) is 46.5 Å². The third-order valence-electron chi connectivity index (χ3n) is 5.95. The summed E-state index contributed by atoms with van der Waals surface area (Å²) in [6.07, 6.45) is 1.69. The van der Waals surface area contributed by atoms with Gasteiger partial charge < -0.3 is 28.6 Å². The Labute approximate surface area is 196 Å². The first-order valence-corrected chi connectivity index (χ1v) is 11.6. The number of aliphatic hydroxyl groups is 1.